The van der Waals surface area contributed by atoms with Gasteiger partial charge < -0.3 is 10.5 Å². The molecule has 0 atom stereocenters. The van der Waals surface area contributed by atoms with Gasteiger partial charge >= 0.3 is 0 Å². The van der Waals surface area contributed by atoms with Gasteiger partial charge in [0, 0.05) is 5.69 Å². The molecule has 0 saturated heterocycles. The fraction of sp³-hybridized carbons (Fsp3) is 0.176. The quantitative estimate of drug-likeness (QED) is 0.658. The van der Waals surface area contributed by atoms with Crippen molar-refractivity contribution in [1.29, 1.82) is 0 Å². The fourth-order valence-electron chi connectivity index (χ4n) is 2.01. The van der Waals surface area contributed by atoms with E-state index in [-0.39, 0.29) is 5.82 Å². The lowest BCUT2D eigenvalue weighted by atomic mass is 10.1. The molecule has 20 heavy (non-hydrogen) atoms. The summed E-state index contributed by atoms with van der Waals surface area (Å²) in [4.78, 5) is 0. The number of hydrogen-bond acceptors (Lipinski definition) is 2. The topological polar surface area (TPSA) is 35.2 Å². The van der Waals surface area contributed by atoms with Gasteiger partial charge in [-0.05, 0) is 60.4 Å². The van der Waals surface area contributed by atoms with Crippen molar-refractivity contribution in [3.05, 3.63) is 71.6 Å². The molecule has 2 rings (SSSR count). The van der Waals surface area contributed by atoms with Crippen molar-refractivity contribution >= 4 is 5.69 Å². The third-order valence-electron chi connectivity index (χ3n) is 3.14. The molecular weight excluding hydrogens is 253 g/mol. The second-order valence-electron chi connectivity index (χ2n) is 4.72. The van der Waals surface area contributed by atoms with Gasteiger partial charge in [0.2, 0.25) is 0 Å². The average molecular weight is 271 g/mol. The van der Waals surface area contributed by atoms with Crippen molar-refractivity contribution in [2.75, 3.05) is 5.73 Å². The van der Waals surface area contributed by atoms with Gasteiger partial charge in [-0.2, -0.15) is 0 Å². The second-order valence-corrected chi connectivity index (χ2v) is 4.72. The molecule has 0 aliphatic heterocycles. The first-order valence-electron chi connectivity index (χ1n) is 6.47. The lowest BCUT2D eigenvalue weighted by molar-refractivity contribution is 0.302. The summed E-state index contributed by atoms with van der Waals surface area (Å²) in [5.74, 6) is 0.501. The van der Waals surface area contributed by atoms with Crippen LogP contribution in [0.4, 0.5) is 10.1 Å². The Bertz CT molecular complexity index is 622. The second kappa shape index (κ2) is 6.24. The van der Waals surface area contributed by atoms with Crippen LogP contribution >= 0.6 is 0 Å². The van der Waals surface area contributed by atoms with Gasteiger partial charge in [0.05, 0.1) is 0 Å². The Balaban J connectivity index is 2.18. The molecule has 0 heterocycles. The highest BCUT2D eigenvalue weighted by atomic mass is 19.1. The fourth-order valence-corrected chi connectivity index (χ4v) is 2.01. The maximum atomic E-state index is 13.2. The third-order valence-corrected chi connectivity index (χ3v) is 3.14. The molecule has 0 saturated carbocycles. The first kappa shape index (κ1) is 14.1. The number of nitrogens with two attached hydrogens (primary N) is 1. The van der Waals surface area contributed by atoms with Gasteiger partial charge in [-0.15, -0.1) is 6.58 Å². The smallest absolute Gasteiger partial charge is 0.123 e. The zero-order chi connectivity index (χ0) is 14.5. The normalized spacial score (nSPS) is 10.3. The number of nitrogen functional groups attached to an aromatic ring is 1. The molecule has 0 bridgehead atoms. The van der Waals surface area contributed by atoms with Crippen LogP contribution in [0.15, 0.2) is 49.1 Å². The van der Waals surface area contributed by atoms with E-state index in [0.717, 1.165) is 22.4 Å². The molecule has 2 aromatic rings. The summed E-state index contributed by atoms with van der Waals surface area (Å²) in [5, 5.41) is 0. The summed E-state index contributed by atoms with van der Waals surface area (Å²) in [6.45, 7) is 5.99. The van der Waals surface area contributed by atoms with Crippen molar-refractivity contribution in [2.24, 2.45) is 0 Å². The summed E-state index contributed by atoms with van der Waals surface area (Å²) in [6, 6.07) is 10.2. The van der Waals surface area contributed by atoms with Gasteiger partial charge in [0.25, 0.3) is 0 Å². The minimum Gasteiger partial charge on any atom is -0.489 e. The van der Waals surface area contributed by atoms with E-state index in [2.05, 4.69) is 6.58 Å². The number of anilines is 1. The number of aryl methyl sites for hydroxylation is 1. The summed E-state index contributed by atoms with van der Waals surface area (Å²) in [6.07, 6.45) is 2.48. The van der Waals surface area contributed by atoms with E-state index in [0.29, 0.717) is 18.7 Å². The number of halogens is 1. The van der Waals surface area contributed by atoms with E-state index < -0.39 is 0 Å². The molecule has 0 fully saturated rings. The molecule has 2 N–H and O–H groups in total. The first-order chi connectivity index (χ1) is 9.60. The lowest BCUT2D eigenvalue weighted by Gasteiger charge is -2.12. The monoisotopic (exact) mass is 271 g/mol. The Morgan fingerprint density at radius 3 is 2.75 bits per heavy atom. The SMILES string of the molecule is C=CCc1cc(N)ccc1OCc1cc(F)ccc1C. The predicted octanol–water partition coefficient (Wildman–Crippen LogP) is 4.02. The van der Waals surface area contributed by atoms with Crippen LogP contribution in [-0.2, 0) is 13.0 Å². The number of hydrogen-bond donors (Lipinski definition) is 1. The van der Waals surface area contributed by atoms with Crippen LogP contribution in [0.1, 0.15) is 16.7 Å². The van der Waals surface area contributed by atoms with E-state index in [1.807, 2.05) is 19.1 Å². The minimum absolute atomic E-state index is 0.252. The van der Waals surface area contributed by atoms with Gasteiger partial charge in [0.15, 0.2) is 0 Å². The summed E-state index contributed by atoms with van der Waals surface area (Å²) < 4.78 is 19.0. The van der Waals surface area contributed by atoms with E-state index in [4.69, 9.17) is 10.5 Å². The maximum absolute atomic E-state index is 13.2. The number of benzene rings is 2. The minimum atomic E-state index is -0.252. The molecule has 0 aliphatic carbocycles. The van der Waals surface area contributed by atoms with Crippen LogP contribution in [-0.4, -0.2) is 0 Å². The van der Waals surface area contributed by atoms with E-state index in [1.54, 1.807) is 18.2 Å². The number of rotatable bonds is 5. The Kier molecular flexibility index (Phi) is 4.41. The molecule has 0 aliphatic rings. The highest BCUT2D eigenvalue weighted by Crippen LogP contribution is 2.24. The molecule has 0 spiro atoms. The van der Waals surface area contributed by atoms with Crippen LogP contribution in [0.5, 0.6) is 5.75 Å². The largest absolute Gasteiger partial charge is 0.489 e. The Hall–Kier alpha value is -2.29. The van der Waals surface area contributed by atoms with Crippen LogP contribution in [0.2, 0.25) is 0 Å². The van der Waals surface area contributed by atoms with Crippen molar-refractivity contribution < 1.29 is 9.13 Å². The zero-order valence-corrected chi connectivity index (χ0v) is 11.5. The molecule has 0 radical (unpaired) electrons. The third kappa shape index (κ3) is 3.38. The van der Waals surface area contributed by atoms with Crippen LogP contribution in [0.25, 0.3) is 0 Å². The van der Waals surface area contributed by atoms with Crippen molar-refractivity contribution in [3.63, 3.8) is 0 Å². The van der Waals surface area contributed by atoms with Gasteiger partial charge in [0.1, 0.15) is 18.2 Å². The van der Waals surface area contributed by atoms with E-state index in [9.17, 15) is 4.39 Å². The molecule has 0 aromatic heterocycles. The molecule has 2 aromatic carbocycles. The summed E-state index contributed by atoms with van der Waals surface area (Å²) in [7, 11) is 0. The standard InChI is InChI=1S/C17H18FNO/c1-3-4-13-10-16(19)7-8-17(13)20-11-14-9-15(18)6-5-12(14)2/h3,5-10H,1,4,11,19H2,2H3. The first-order valence-corrected chi connectivity index (χ1v) is 6.47. The maximum Gasteiger partial charge on any atom is 0.123 e. The molecule has 2 nitrogen and oxygen atoms in total. The average Bonchev–Trinajstić information content (AvgIpc) is 2.42. The summed E-state index contributed by atoms with van der Waals surface area (Å²) >= 11 is 0. The number of ether oxygens (including phenoxy) is 1. The van der Waals surface area contributed by atoms with Crippen molar-refractivity contribution in [3.8, 4) is 5.75 Å². The van der Waals surface area contributed by atoms with Crippen molar-refractivity contribution in [2.45, 2.75) is 20.0 Å². The van der Waals surface area contributed by atoms with Gasteiger partial charge in [-0.3, -0.25) is 0 Å². The molecule has 0 unspecified atom stereocenters. The zero-order valence-electron chi connectivity index (χ0n) is 11.5. The van der Waals surface area contributed by atoms with Crippen molar-refractivity contribution in [1.82, 2.24) is 0 Å². The molecule has 0 amide bonds. The Labute approximate surface area is 118 Å². The van der Waals surface area contributed by atoms with Crippen LogP contribution in [0, 0.1) is 12.7 Å². The Morgan fingerprint density at radius 2 is 2.00 bits per heavy atom. The lowest BCUT2D eigenvalue weighted by Crippen LogP contribution is -2.01. The van der Waals surface area contributed by atoms with Crippen LogP contribution < -0.4 is 10.5 Å². The molecule has 104 valence electrons. The van der Waals surface area contributed by atoms with E-state index in [1.165, 1.54) is 12.1 Å². The highest BCUT2D eigenvalue weighted by molar-refractivity contribution is 5.48. The van der Waals surface area contributed by atoms with Gasteiger partial charge in [-0.25, -0.2) is 4.39 Å². The van der Waals surface area contributed by atoms with E-state index >= 15 is 0 Å². The van der Waals surface area contributed by atoms with Crippen LogP contribution in [0.3, 0.4) is 0 Å². The highest BCUT2D eigenvalue weighted by Gasteiger charge is 2.06. The predicted molar refractivity (Wildman–Crippen MR) is 80.2 cm³/mol. The molecule has 3 heteroatoms. The Morgan fingerprint density at radius 1 is 1.20 bits per heavy atom. The molecular formula is C17H18FNO. The summed E-state index contributed by atoms with van der Waals surface area (Å²) in [5.41, 5.74) is 9.29. The number of allylic oxidation sites excluding steroid dienone is 1. The van der Waals surface area contributed by atoms with Gasteiger partial charge in [-0.1, -0.05) is 12.1 Å².